The zero-order valence-corrected chi connectivity index (χ0v) is 15.1. The predicted octanol–water partition coefficient (Wildman–Crippen LogP) is 3.87. The van der Waals surface area contributed by atoms with Gasteiger partial charge in [0.25, 0.3) is 0 Å². The first kappa shape index (κ1) is 17.8. The number of terminal acetylenes is 1. The number of aliphatic hydroxyl groups is 2. The number of benzene rings is 2. The van der Waals surface area contributed by atoms with Crippen LogP contribution < -0.4 is 4.74 Å². The second-order valence-corrected chi connectivity index (χ2v) is 7.81. The average molecular weight is 338 g/mol. The van der Waals surface area contributed by atoms with Crippen molar-refractivity contribution in [1.29, 1.82) is 0 Å². The minimum Gasteiger partial charge on any atom is -0.497 e. The molecular formula is C22H26O3. The van der Waals surface area contributed by atoms with Gasteiger partial charge in [0, 0.05) is 5.92 Å². The lowest BCUT2D eigenvalue weighted by atomic mass is 9.76. The molecule has 0 heterocycles. The van der Waals surface area contributed by atoms with E-state index >= 15 is 0 Å². The van der Waals surface area contributed by atoms with Crippen molar-refractivity contribution >= 4 is 10.8 Å². The van der Waals surface area contributed by atoms with Crippen molar-refractivity contribution in [3.63, 3.8) is 0 Å². The van der Waals surface area contributed by atoms with Gasteiger partial charge in [0.15, 0.2) is 0 Å². The maximum atomic E-state index is 10.9. The number of methoxy groups -OCH3 is 1. The van der Waals surface area contributed by atoms with E-state index in [1.54, 1.807) is 21.0 Å². The van der Waals surface area contributed by atoms with Gasteiger partial charge >= 0.3 is 0 Å². The van der Waals surface area contributed by atoms with Gasteiger partial charge in [-0.25, -0.2) is 0 Å². The highest BCUT2D eigenvalue weighted by Gasteiger charge is 2.48. The Morgan fingerprint density at radius 2 is 1.92 bits per heavy atom. The highest BCUT2D eigenvalue weighted by atomic mass is 16.5. The molecular weight excluding hydrogens is 312 g/mol. The van der Waals surface area contributed by atoms with Gasteiger partial charge in [-0.1, -0.05) is 30.2 Å². The van der Waals surface area contributed by atoms with Gasteiger partial charge in [-0.2, -0.15) is 0 Å². The molecule has 3 rings (SSSR count). The Bertz CT molecular complexity index is 812. The summed E-state index contributed by atoms with van der Waals surface area (Å²) in [6.07, 6.45) is 7.50. The molecule has 2 aromatic rings. The normalized spacial score (nSPS) is 26.6. The zero-order valence-electron chi connectivity index (χ0n) is 15.1. The minimum absolute atomic E-state index is 0.138. The summed E-state index contributed by atoms with van der Waals surface area (Å²) in [6.45, 7) is 3.54. The number of rotatable bonds is 4. The first-order chi connectivity index (χ1) is 11.8. The summed E-state index contributed by atoms with van der Waals surface area (Å²) in [5.41, 5.74) is -0.861. The molecule has 132 valence electrons. The van der Waals surface area contributed by atoms with Crippen molar-refractivity contribution in [2.45, 2.75) is 50.2 Å². The Hall–Kier alpha value is -2.02. The van der Waals surface area contributed by atoms with Crippen LogP contribution >= 0.6 is 0 Å². The van der Waals surface area contributed by atoms with Crippen molar-refractivity contribution in [1.82, 2.24) is 0 Å². The van der Waals surface area contributed by atoms with Crippen LogP contribution in [0, 0.1) is 18.3 Å². The number of fused-ring (bicyclic) bond motifs is 1. The second kappa shape index (κ2) is 6.37. The molecule has 0 bridgehead atoms. The molecule has 1 fully saturated rings. The molecule has 1 aliphatic carbocycles. The fourth-order valence-corrected chi connectivity index (χ4v) is 4.12. The van der Waals surface area contributed by atoms with Gasteiger partial charge in [-0.15, -0.1) is 6.42 Å². The van der Waals surface area contributed by atoms with E-state index in [0.717, 1.165) is 28.5 Å². The maximum absolute atomic E-state index is 10.9. The zero-order chi connectivity index (χ0) is 18.2. The average Bonchev–Trinajstić information content (AvgIpc) is 2.89. The fourth-order valence-electron chi connectivity index (χ4n) is 4.12. The molecule has 2 N–H and O–H groups in total. The molecule has 3 atom stereocenters. The highest BCUT2D eigenvalue weighted by Crippen LogP contribution is 2.49. The predicted molar refractivity (Wildman–Crippen MR) is 101 cm³/mol. The molecule has 25 heavy (non-hydrogen) atoms. The van der Waals surface area contributed by atoms with E-state index < -0.39 is 11.2 Å². The lowest BCUT2D eigenvalue weighted by Crippen LogP contribution is -2.38. The summed E-state index contributed by atoms with van der Waals surface area (Å²) in [6, 6.07) is 12.4. The van der Waals surface area contributed by atoms with Gasteiger partial charge in [0.05, 0.1) is 12.7 Å². The monoisotopic (exact) mass is 338 g/mol. The minimum atomic E-state index is -1.15. The molecule has 3 unspecified atom stereocenters. The van der Waals surface area contributed by atoms with Crippen LogP contribution in [0.4, 0.5) is 0 Å². The van der Waals surface area contributed by atoms with E-state index in [2.05, 4.69) is 24.1 Å². The van der Waals surface area contributed by atoms with Gasteiger partial charge in [-0.05, 0) is 67.5 Å². The summed E-state index contributed by atoms with van der Waals surface area (Å²) in [4.78, 5) is 0. The number of hydrogen-bond donors (Lipinski definition) is 2. The molecule has 0 aromatic heterocycles. The van der Waals surface area contributed by atoms with Gasteiger partial charge < -0.3 is 14.9 Å². The van der Waals surface area contributed by atoms with E-state index in [4.69, 9.17) is 11.2 Å². The topological polar surface area (TPSA) is 49.7 Å². The van der Waals surface area contributed by atoms with Crippen LogP contribution in [-0.4, -0.2) is 28.5 Å². The van der Waals surface area contributed by atoms with E-state index in [1.807, 2.05) is 18.2 Å². The van der Waals surface area contributed by atoms with E-state index in [-0.39, 0.29) is 11.8 Å². The Balaban J connectivity index is 1.99. The summed E-state index contributed by atoms with van der Waals surface area (Å²) in [5, 5.41) is 23.4. The fraction of sp³-hybridized carbons (Fsp3) is 0.455. The highest BCUT2D eigenvalue weighted by molar-refractivity contribution is 5.84. The number of ether oxygens (including phenoxy) is 1. The molecule has 0 radical (unpaired) electrons. The summed E-state index contributed by atoms with van der Waals surface area (Å²) >= 11 is 0. The van der Waals surface area contributed by atoms with E-state index in [0.29, 0.717) is 12.8 Å². The first-order valence-electron chi connectivity index (χ1n) is 8.76. The molecule has 1 saturated carbocycles. The summed E-state index contributed by atoms with van der Waals surface area (Å²) < 4.78 is 5.28. The molecule has 3 heteroatoms. The van der Waals surface area contributed by atoms with Crippen LogP contribution in [0.25, 0.3) is 10.8 Å². The standard InChI is InChI=1S/C22H26O3/c1-5-22(24)11-10-19(20(22)14-21(2,3)23)17-7-6-16-13-18(25-4)9-8-15(16)12-17/h1,6-9,12-13,19-20,23-24H,10-11,14H2,2-4H3. The molecule has 0 amide bonds. The molecule has 0 spiro atoms. The lowest BCUT2D eigenvalue weighted by Gasteiger charge is -2.33. The molecule has 2 aromatic carbocycles. The van der Waals surface area contributed by atoms with Crippen molar-refractivity contribution in [2.24, 2.45) is 5.92 Å². The van der Waals surface area contributed by atoms with Gasteiger partial charge in [0.1, 0.15) is 11.4 Å². The summed E-state index contributed by atoms with van der Waals surface area (Å²) in [5.74, 6) is 3.41. The second-order valence-electron chi connectivity index (χ2n) is 7.81. The van der Waals surface area contributed by atoms with Crippen molar-refractivity contribution in [3.05, 3.63) is 42.0 Å². The van der Waals surface area contributed by atoms with Crippen LogP contribution in [0.15, 0.2) is 36.4 Å². The molecule has 0 saturated heterocycles. The Morgan fingerprint density at radius 1 is 1.24 bits per heavy atom. The molecule has 3 nitrogen and oxygen atoms in total. The Morgan fingerprint density at radius 3 is 2.56 bits per heavy atom. The third-order valence-corrected chi connectivity index (χ3v) is 5.40. The number of hydrogen-bond acceptors (Lipinski definition) is 3. The van der Waals surface area contributed by atoms with Crippen molar-refractivity contribution < 1.29 is 14.9 Å². The van der Waals surface area contributed by atoms with Crippen molar-refractivity contribution in [2.75, 3.05) is 7.11 Å². The third kappa shape index (κ3) is 3.51. The maximum Gasteiger partial charge on any atom is 0.128 e. The summed E-state index contributed by atoms with van der Waals surface area (Å²) in [7, 11) is 1.66. The van der Waals surface area contributed by atoms with Crippen LogP contribution in [0.3, 0.4) is 0 Å². The van der Waals surface area contributed by atoms with E-state index in [1.165, 1.54) is 0 Å². The third-order valence-electron chi connectivity index (χ3n) is 5.40. The van der Waals surface area contributed by atoms with Gasteiger partial charge in [-0.3, -0.25) is 0 Å². The SMILES string of the molecule is C#CC1(O)CCC(c2ccc3cc(OC)ccc3c2)C1CC(C)(C)O. The van der Waals surface area contributed by atoms with Gasteiger partial charge in [0.2, 0.25) is 0 Å². The molecule has 1 aliphatic rings. The molecule has 0 aliphatic heterocycles. The Labute approximate surface area is 149 Å². The van der Waals surface area contributed by atoms with Crippen LogP contribution in [0.5, 0.6) is 5.75 Å². The first-order valence-corrected chi connectivity index (χ1v) is 8.76. The van der Waals surface area contributed by atoms with Crippen molar-refractivity contribution in [3.8, 4) is 18.1 Å². The smallest absolute Gasteiger partial charge is 0.128 e. The largest absolute Gasteiger partial charge is 0.497 e. The van der Waals surface area contributed by atoms with Crippen LogP contribution in [-0.2, 0) is 0 Å². The van der Waals surface area contributed by atoms with Crippen LogP contribution in [0.2, 0.25) is 0 Å². The van der Waals surface area contributed by atoms with E-state index in [9.17, 15) is 10.2 Å². The Kier molecular flexibility index (Phi) is 4.53. The lowest BCUT2D eigenvalue weighted by molar-refractivity contribution is -0.00748. The quantitative estimate of drug-likeness (QED) is 0.832. The van der Waals surface area contributed by atoms with Crippen LogP contribution in [0.1, 0.15) is 44.6 Å².